The third kappa shape index (κ3) is 2.78. The zero-order valence-corrected chi connectivity index (χ0v) is 13.3. The maximum absolute atomic E-state index is 10.7. The molecule has 0 radical (unpaired) electrons. The number of halogens is 1. The molecule has 3 rings (SSSR count). The second-order valence-corrected chi connectivity index (χ2v) is 5.76. The normalized spacial score (nSPS) is 10.6. The highest BCUT2D eigenvalue weighted by Crippen LogP contribution is 2.29. The Balaban J connectivity index is 1.98. The number of nitro groups is 1. The van der Waals surface area contributed by atoms with Crippen molar-refractivity contribution in [3.63, 3.8) is 0 Å². The first-order chi connectivity index (χ1) is 10.5. The van der Waals surface area contributed by atoms with Crippen LogP contribution in [0.4, 0.5) is 5.69 Å². The van der Waals surface area contributed by atoms with E-state index in [0.717, 1.165) is 21.4 Å². The number of benzene rings is 2. The van der Waals surface area contributed by atoms with Crippen LogP contribution in [0.5, 0.6) is 0 Å². The molecule has 0 unspecified atom stereocenters. The Morgan fingerprint density at radius 3 is 2.32 bits per heavy atom. The van der Waals surface area contributed by atoms with Crippen molar-refractivity contribution in [3.05, 3.63) is 74.9 Å². The predicted octanol–water partition coefficient (Wildman–Crippen LogP) is 4.52. The Labute approximate surface area is 135 Å². The third-order valence-electron chi connectivity index (χ3n) is 3.32. The van der Waals surface area contributed by atoms with Gasteiger partial charge in [0.15, 0.2) is 0 Å². The number of non-ortho nitro benzene ring substituents is 1. The van der Waals surface area contributed by atoms with Gasteiger partial charge in [0.1, 0.15) is 5.69 Å². The first-order valence-corrected chi connectivity index (χ1v) is 7.41. The summed E-state index contributed by atoms with van der Waals surface area (Å²) in [5, 5.41) is 15.3. The van der Waals surface area contributed by atoms with Gasteiger partial charge in [-0.15, -0.1) is 0 Å². The van der Waals surface area contributed by atoms with Gasteiger partial charge in [0.25, 0.3) is 5.69 Å². The summed E-state index contributed by atoms with van der Waals surface area (Å²) in [7, 11) is 0. The van der Waals surface area contributed by atoms with Crippen molar-refractivity contribution in [2.75, 3.05) is 0 Å². The average molecular weight is 358 g/mol. The standard InChI is InChI=1S/C16H12BrN3O2/c1-11-2-6-13(7-3-11)19-10-15(17)16(18-19)12-4-8-14(9-5-12)20(21)22/h2-10H,1H3. The van der Waals surface area contributed by atoms with E-state index in [-0.39, 0.29) is 5.69 Å². The van der Waals surface area contributed by atoms with Crippen molar-refractivity contribution in [1.29, 1.82) is 0 Å². The molecule has 1 aromatic heterocycles. The van der Waals surface area contributed by atoms with Gasteiger partial charge in [0, 0.05) is 23.9 Å². The van der Waals surface area contributed by atoms with E-state index in [2.05, 4.69) is 21.0 Å². The first-order valence-electron chi connectivity index (χ1n) is 6.61. The molecule has 0 aliphatic heterocycles. The molecule has 0 bridgehead atoms. The molecule has 3 aromatic rings. The molecule has 22 heavy (non-hydrogen) atoms. The summed E-state index contributed by atoms with van der Waals surface area (Å²) in [6.07, 6.45) is 1.88. The van der Waals surface area contributed by atoms with Gasteiger partial charge >= 0.3 is 0 Å². The lowest BCUT2D eigenvalue weighted by Crippen LogP contribution is -1.94. The van der Waals surface area contributed by atoms with E-state index in [4.69, 9.17) is 0 Å². The first kappa shape index (κ1) is 14.5. The van der Waals surface area contributed by atoms with Gasteiger partial charge in [-0.3, -0.25) is 10.1 Å². The maximum atomic E-state index is 10.7. The minimum absolute atomic E-state index is 0.0674. The summed E-state index contributed by atoms with van der Waals surface area (Å²) >= 11 is 3.50. The molecule has 0 fully saturated rings. The van der Waals surface area contributed by atoms with Crippen molar-refractivity contribution >= 4 is 21.6 Å². The van der Waals surface area contributed by atoms with Crippen LogP contribution in [0.2, 0.25) is 0 Å². The molecular formula is C16H12BrN3O2. The molecule has 0 aliphatic rings. The van der Waals surface area contributed by atoms with Crippen LogP contribution in [0, 0.1) is 17.0 Å². The van der Waals surface area contributed by atoms with Gasteiger partial charge in [0.05, 0.1) is 15.1 Å². The fourth-order valence-corrected chi connectivity index (χ4v) is 2.62. The number of rotatable bonds is 3. The molecule has 2 aromatic carbocycles. The van der Waals surface area contributed by atoms with E-state index in [1.807, 2.05) is 37.4 Å². The van der Waals surface area contributed by atoms with E-state index in [0.29, 0.717) is 0 Å². The van der Waals surface area contributed by atoms with Gasteiger partial charge in [0.2, 0.25) is 0 Å². The Morgan fingerprint density at radius 1 is 1.09 bits per heavy atom. The highest BCUT2D eigenvalue weighted by molar-refractivity contribution is 9.10. The number of hydrogen-bond donors (Lipinski definition) is 0. The molecule has 0 saturated carbocycles. The SMILES string of the molecule is Cc1ccc(-n2cc(Br)c(-c3ccc([N+](=O)[O-])cc3)n2)cc1. The lowest BCUT2D eigenvalue weighted by molar-refractivity contribution is -0.384. The van der Waals surface area contributed by atoms with Crippen molar-refractivity contribution in [3.8, 4) is 16.9 Å². The zero-order valence-electron chi connectivity index (χ0n) is 11.7. The van der Waals surface area contributed by atoms with Crippen LogP contribution in [0.25, 0.3) is 16.9 Å². The summed E-state index contributed by atoms with van der Waals surface area (Å²) in [5.74, 6) is 0. The molecule has 6 heteroatoms. The summed E-state index contributed by atoms with van der Waals surface area (Å²) in [6, 6.07) is 14.4. The number of aryl methyl sites for hydroxylation is 1. The maximum Gasteiger partial charge on any atom is 0.269 e. The highest BCUT2D eigenvalue weighted by atomic mass is 79.9. The van der Waals surface area contributed by atoms with Crippen LogP contribution in [-0.2, 0) is 0 Å². The molecule has 0 saturated heterocycles. The molecule has 0 aliphatic carbocycles. The highest BCUT2D eigenvalue weighted by Gasteiger charge is 2.12. The fourth-order valence-electron chi connectivity index (χ4n) is 2.12. The Morgan fingerprint density at radius 2 is 1.73 bits per heavy atom. The van der Waals surface area contributed by atoms with E-state index >= 15 is 0 Å². The fraction of sp³-hybridized carbons (Fsp3) is 0.0625. The van der Waals surface area contributed by atoms with Crippen LogP contribution >= 0.6 is 15.9 Å². The van der Waals surface area contributed by atoms with Crippen molar-refractivity contribution in [2.45, 2.75) is 6.92 Å². The van der Waals surface area contributed by atoms with Gasteiger partial charge in [-0.05, 0) is 47.1 Å². The molecule has 0 atom stereocenters. The van der Waals surface area contributed by atoms with Gasteiger partial charge in [-0.25, -0.2) is 4.68 Å². The molecule has 1 heterocycles. The molecule has 5 nitrogen and oxygen atoms in total. The van der Waals surface area contributed by atoms with Crippen LogP contribution in [-0.4, -0.2) is 14.7 Å². The van der Waals surface area contributed by atoms with Gasteiger partial charge in [-0.1, -0.05) is 17.7 Å². The van der Waals surface area contributed by atoms with Crippen molar-refractivity contribution < 1.29 is 4.92 Å². The van der Waals surface area contributed by atoms with E-state index in [1.165, 1.54) is 17.7 Å². The second kappa shape index (κ2) is 5.73. The molecular weight excluding hydrogens is 346 g/mol. The van der Waals surface area contributed by atoms with Crippen LogP contribution in [0.3, 0.4) is 0 Å². The number of hydrogen-bond acceptors (Lipinski definition) is 3. The van der Waals surface area contributed by atoms with Crippen LogP contribution in [0.15, 0.2) is 59.2 Å². The van der Waals surface area contributed by atoms with Crippen LogP contribution in [0.1, 0.15) is 5.56 Å². The van der Waals surface area contributed by atoms with Crippen molar-refractivity contribution in [2.24, 2.45) is 0 Å². The third-order valence-corrected chi connectivity index (χ3v) is 3.90. The second-order valence-electron chi connectivity index (χ2n) is 4.91. The van der Waals surface area contributed by atoms with E-state index < -0.39 is 4.92 Å². The Bertz CT molecular complexity index is 824. The smallest absolute Gasteiger partial charge is 0.258 e. The number of nitro benzene ring substituents is 1. The monoisotopic (exact) mass is 357 g/mol. The number of nitrogens with zero attached hydrogens (tertiary/aromatic N) is 3. The zero-order chi connectivity index (χ0) is 15.7. The topological polar surface area (TPSA) is 61.0 Å². The lowest BCUT2D eigenvalue weighted by Gasteiger charge is -2.01. The molecule has 0 amide bonds. The molecule has 0 N–H and O–H groups in total. The largest absolute Gasteiger partial charge is 0.269 e. The molecule has 110 valence electrons. The molecule has 0 spiro atoms. The lowest BCUT2D eigenvalue weighted by atomic mass is 10.1. The quantitative estimate of drug-likeness (QED) is 0.511. The summed E-state index contributed by atoms with van der Waals surface area (Å²) < 4.78 is 2.61. The minimum Gasteiger partial charge on any atom is -0.258 e. The van der Waals surface area contributed by atoms with E-state index in [1.54, 1.807) is 16.8 Å². The average Bonchev–Trinajstić information content (AvgIpc) is 2.90. The predicted molar refractivity (Wildman–Crippen MR) is 88.1 cm³/mol. The summed E-state index contributed by atoms with van der Waals surface area (Å²) in [4.78, 5) is 10.3. The van der Waals surface area contributed by atoms with Crippen LogP contribution < -0.4 is 0 Å². The van der Waals surface area contributed by atoms with Gasteiger partial charge < -0.3 is 0 Å². The summed E-state index contributed by atoms with van der Waals surface area (Å²) in [6.45, 7) is 2.03. The number of aromatic nitrogens is 2. The minimum atomic E-state index is -0.413. The Hall–Kier alpha value is -2.47. The van der Waals surface area contributed by atoms with Gasteiger partial charge in [-0.2, -0.15) is 5.10 Å². The summed E-state index contributed by atoms with van der Waals surface area (Å²) in [5.41, 5.74) is 3.78. The van der Waals surface area contributed by atoms with Crippen molar-refractivity contribution in [1.82, 2.24) is 9.78 Å². The van der Waals surface area contributed by atoms with E-state index in [9.17, 15) is 10.1 Å². The Kier molecular flexibility index (Phi) is 3.77.